The van der Waals surface area contributed by atoms with Crippen LogP contribution in [0.3, 0.4) is 0 Å². The summed E-state index contributed by atoms with van der Waals surface area (Å²) in [4.78, 5) is 10.2. The summed E-state index contributed by atoms with van der Waals surface area (Å²) < 4.78 is 6.59. The van der Waals surface area contributed by atoms with Gasteiger partial charge in [0.1, 0.15) is 26.0 Å². The van der Waals surface area contributed by atoms with E-state index in [1.165, 1.54) is 0 Å². The van der Waals surface area contributed by atoms with Crippen molar-refractivity contribution in [2.24, 2.45) is 5.73 Å². The van der Waals surface area contributed by atoms with Gasteiger partial charge in [-0.1, -0.05) is 0 Å². The molecule has 80 valence electrons. The number of rotatable bonds is 6. The maximum absolute atomic E-state index is 10.2. The second-order valence-corrected chi connectivity index (χ2v) is 2.39. The second-order valence-electron chi connectivity index (χ2n) is 2.39. The van der Waals surface area contributed by atoms with Gasteiger partial charge >= 0.3 is 0 Å². The standard InChI is InChI=1S/C6H13NO5.ClH/c7-3(1-8)5(11)6(12)4(10)2-9;/h1,3-6,9-12H,2,7H2;1H/t3-,4+,5+,6+;/m0./s1/i/hD. The van der Waals surface area contributed by atoms with Gasteiger partial charge < -0.3 is 30.9 Å². The van der Waals surface area contributed by atoms with Crippen molar-refractivity contribution in [2.45, 2.75) is 24.4 Å². The van der Waals surface area contributed by atoms with Crippen LogP contribution >= 0.6 is 12.4 Å². The molecule has 0 heterocycles. The molecule has 0 rings (SSSR count). The van der Waals surface area contributed by atoms with Crippen LogP contribution in [0.2, 0.25) is 1.41 Å². The summed E-state index contributed by atoms with van der Waals surface area (Å²) in [5.74, 6) is 0. The lowest BCUT2D eigenvalue weighted by molar-refractivity contribution is -0.118. The van der Waals surface area contributed by atoms with Gasteiger partial charge in [0.05, 0.1) is 12.6 Å². The number of aliphatic hydroxyl groups is 4. The van der Waals surface area contributed by atoms with Crippen LogP contribution in [0.4, 0.5) is 0 Å². The van der Waals surface area contributed by atoms with Crippen LogP contribution in [0.5, 0.6) is 0 Å². The van der Waals surface area contributed by atoms with E-state index >= 15 is 0 Å². The van der Waals surface area contributed by atoms with Gasteiger partial charge in [0.25, 0.3) is 0 Å². The van der Waals surface area contributed by atoms with Crippen molar-refractivity contribution < 1.29 is 26.6 Å². The zero-order valence-electron chi connectivity index (χ0n) is 7.70. The fourth-order valence-electron chi connectivity index (χ4n) is 0.629. The van der Waals surface area contributed by atoms with Crippen molar-refractivity contribution in [3.63, 3.8) is 0 Å². The Morgan fingerprint density at radius 3 is 2.23 bits per heavy atom. The summed E-state index contributed by atoms with van der Waals surface area (Å²) >= 11 is 0. The van der Waals surface area contributed by atoms with E-state index in [-0.39, 0.29) is 18.7 Å². The summed E-state index contributed by atoms with van der Waals surface area (Å²) in [6.07, 6.45) is -4.61. The minimum atomic E-state index is -1.67. The number of aliphatic hydroxyl groups excluding tert-OH is 4. The zero-order chi connectivity index (χ0) is 10.4. The Labute approximate surface area is 82.9 Å². The molecule has 0 saturated heterocycles. The van der Waals surface area contributed by atoms with Crippen LogP contribution in [0.25, 0.3) is 0 Å². The summed E-state index contributed by atoms with van der Waals surface area (Å²) in [5, 5.41) is 35.5. The van der Waals surface area contributed by atoms with E-state index < -0.39 is 31.0 Å². The third kappa shape index (κ3) is 4.51. The molecule has 0 aromatic carbocycles. The lowest BCUT2D eigenvalue weighted by Gasteiger charge is -2.23. The van der Waals surface area contributed by atoms with Crippen LogP contribution in [0.1, 0.15) is 0 Å². The monoisotopic (exact) mass is 216 g/mol. The molecule has 7 heteroatoms. The van der Waals surface area contributed by atoms with Gasteiger partial charge in [0.2, 0.25) is 0 Å². The Hall–Kier alpha value is -0.240. The number of carbonyl (C=O) groups excluding carboxylic acids is 1. The van der Waals surface area contributed by atoms with Gasteiger partial charge in [0, 0.05) is 0 Å². The van der Waals surface area contributed by atoms with E-state index in [1.807, 2.05) is 0 Å². The van der Waals surface area contributed by atoms with E-state index in [2.05, 4.69) is 0 Å². The molecule has 0 amide bonds. The third-order valence-corrected chi connectivity index (χ3v) is 1.45. The van der Waals surface area contributed by atoms with Crippen molar-refractivity contribution in [1.82, 2.24) is 0 Å². The maximum Gasteiger partial charge on any atom is 0.139 e. The van der Waals surface area contributed by atoms with E-state index in [9.17, 15) is 4.79 Å². The molecular weight excluding hydrogens is 202 g/mol. The molecule has 4 atom stereocenters. The van der Waals surface area contributed by atoms with Crippen molar-refractivity contribution in [1.29, 1.82) is 0 Å². The summed E-state index contributed by atoms with van der Waals surface area (Å²) in [6.45, 7) is -0.734. The molecule has 0 aliphatic heterocycles. The highest BCUT2D eigenvalue weighted by Gasteiger charge is 2.28. The second kappa shape index (κ2) is 7.19. The summed E-state index contributed by atoms with van der Waals surface area (Å²) in [7, 11) is 0. The highest BCUT2D eigenvalue weighted by molar-refractivity contribution is 5.85. The summed E-state index contributed by atoms with van der Waals surface area (Å²) in [5.41, 5.74) is 1.69. The molecule has 0 spiro atoms. The number of hydrogen-bond acceptors (Lipinski definition) is 6. The first-order chi connectivity index (χ1) is 6.08. The minimum absolute atomic E-state index is 0. The third-order valence-electron chi connectivity index (χ3n) is 1.45. The SMILES string of the molecule is Cl.[2H]N[C@@H](C=O)[C@@H](O)[C@H](O)[C@H](O)CO. The molecule has 0 aromatic heterocycles. The van der Waals surface area contributed by atoms with Crippen molar-refractivity contribution in [2.75, 3.05) is 6.61 Å². The molecule has 0 aromatic rings. The molecule has 6 N–H and O–H groups in total. The Balaban J connectivity index is 0. The molecule has 0 bridgehead atoms. The molecule has 0 saturated carbocycles. The van der Waals surface area contributed by atoms with Gasteiger partial charge in [-0.3, -0.25) is 0 Å². The molecule has 0 radical (unpaired) electrons. The van der Waals surface area contributed by atoms with Crippen LogP contribution in [0, 0.1) is 0 Å². The van der Waals surface area contributed by atoms with Gasteiger partial charge in [-0.15, -0.1) is 12.4 Å². The molecule has 6 nitrogen and oxygen atoms in total. The average molecular weight is 217 g/mol. The number of aldehydes is 1. The minimum Gasteiger partial charge on any atom is -0.394 e. The van der Waals surface area contributed by atoms with Crippen LogP contribution in [-0.2, 0) is 4.79 Å². The Morgan fingerprint density at radius 2 is 1.92 bits per heavy atom. The Bertz CT molecular complexity index is 163. The van der Waals surface area contributed by atoms with Crippen molar-refractivity contribution in [3.05, 3.63) is 0 Å². The summed E-state index contributed by atoms with van der Waals surface area (Å²) in [6, 6.07) is -1.30. The Kier molecular flexibility index (Phi) is 7.06. The molecular formula is C6H14ClNO5. The zero-order valence-corrected chi connectivity index (χ0v) is 7.52. The van der Waals surface area contributed by atoms with Crippen molar-refractivity contribution in [3.8, 4) is 0 Å². The Morgan fingerprint density at radius 1 is 1.38 bits per heavy atom. The topological polar surface area (TPSA) is 124 Å². The number of nitrogens with two attached hydrogens (primary N) is 1. The normalized spacial score (nSPS) is 20.5. The van der Waals surface area contributed by atoms with Crippen molar-refractivity contribution >= 4 is 18.7 Å². The smallest absolute Gasteiger partial charge is 0.139 e. The van der Waals surface area contributed by atoms with E-state index in [0.29, 0.717) is 0 Å². The predicted octanol–water partition coefficient (Wildman–Crippen LogP) is -2.99. The molecule has 0 aliphatic carbocycles. The van der Waals surface area contributed by atoms with Crippen LogP contribution in [0.15, 0.2) is 0 Å². The first-order valence-electron chi connectivity index (χ1n) is 3.86. The quantitative estimate of drug-likeness (QED) is 0.302. The number of hydrogen-bond donors (Lipinski definition) is 5. The van der Waals surface area contributed by atoms with E-state index in [0.717, 1.165) is 0 Å². The first kappa shape index (κ1) is 12.8. The lowest BCUT2D eigenvalue weighted by atomic mass is 10.0. The lowest BCUT2D eigenvalue weighted by Crippen LogP contribution is -2.49. The van der Waals surface area contributed by atoms with Crippen LogP contribution in [-0.4, -0.2) is 57.7 Å². The highest BCUT2D eigenvalue weighted by Crippen LogP contribution is 2.01. The first-order valence-corrected chi connectivity index (χ1v) is 3.36. The fourth-order valence-corrected chi connectivity index (χ4v) is 0.629. The van der Waals surface area contributed by atoms with Gasteiger partial charge in [-0.05, 0) is 0 Å². The van der Waals surface area contributed by atoms with Gasteiger partial charge in [-0.2, -0.15) is 0 Å². The van der Waals surface area contributed by atoms with E-state index in [1.54, 1.807) is 5.73 Å². The molecule has 13 heavy (non-hydrogen) atoms. The average Bonchev–Trinajstić information content (AvgIpc) is 2.17. The number of carbonyl (C=O) groups is 1. The molecule has 0 fully saturated rings. The largest absolute Gasteiger partial charge is 0.394 e. The van der Waals surface area contributed by atoms with E-state index in [4.69, 9.17) is 21.8 Å². The highest BCUT2D eigenvalue weighted by atomic mass is 35.5. The number of halogens is 1. The van der Waals surface area contributed by atoms with Gasteiger partial charge in [-0.25, -0.2) is 0 Å². The fraction of sp³-hybridized carbons (Fsp3) is 0.833. The predicted molar refractivity (Wildman–Crippen MR) is 46.4 cm³/mol. The molecule has 0 unspecified atom stereocenters. The maximum atomic E-state index is 10.2. The molecule has 0 aliphatic rings. The van der Waals surface area contributed by atoms with Crippen LogP contribution < -0.4 is 5.73 Å². The van der Waals surface area contributed by atoms with Gasteiger partial charge in [0.15, 0.2) is 0 Å².